The number of likely N-dealkylation sites (N-methyl/N-ethyl adjacent to an activating group) is 1. The molecule has 2 aromatic carbocycles. The fourth-order valence-electron chi connectivity index (χ4n) is 3.72. The predicted molar refractivity (Wildman–Crippen MR) is 136 cm³/mol. The van der Waals surface area contributed by atoms with Crippen molar-refractivity contribution in [1.29, 1.82) is 5.26 Å². The Kier molecular flexibility index (Phi) is 11.0. The molecule has 0 N–H and O–H groups in total. The Morgan fingerprint density at radius 3 is 2.34 bits per heavy atom. The first-order chi connectivity index (χ1) is 18.0. The molecule has 0 aliphatic heterocycles. The maximum Gasteiger partial charge on any atom is 0.416 e. The van der Waals surface area contributed by atoms with Crippen LogP contribution in [0.4, 0.5) is 18.9 Å². The van der Waals surface area contributed by atoms with Crippen LogP contribution in [0.2, 0.25) is 0 Å². The summed E-state index contributed by atoms with van der Waals surface area (Å²) in [5, 5.41) is 9.05. The number of carbonyl (C=O) groups is 3. The van der Waals surface area contributed by atoms with Gasteiger partial charge in [0, 0.05) is 16.7 Å². The number of benzene rings is 2. The smallest absolute Gasteiger partial charge is 0.416 e. The van der Waals surface area contributed by atoms with E-state index in [-0.39, 0.29) is 35.4 Å². The summed E-state index contributed by atoms with van der Waals surface area (Å²) in [5.41, 5.74) is -0.454. The molecule has 38 heavy (non-hydrogen) atoms. The van der Waals surface area contributed by atoms with Crippen molar-refractivity contribution in [3.63, 3.8) is 0 Å². The van der Waals surface area contributed by atoms with Crippen LogP contribution in [0.1, 0.15) is 29.7 Å². The Morgan fingerprint density at radius 2 is 1.84 bits per heavy atom. The summed E-state index contributed by atoms with van der Waals surface area (Å²) in [6.07, 6.45) is -4.37. The Bertz CT molecular complexity index is 1230. The lowest BCUT2D eigenvalue weighted by molar-refractivity contribution is -0.143. The van der Waals surface area contributed by atoms with Crippen molar-refractivity contribution >= 4 is 40.0 Å². The van der Waals surface area contributed by atoms with Gasteiger partial charge in [-0.05, 0) is 49.9 Å². The number of anilines is 1. The molecule has 0 fully saturated rings. The zero-order chi connectivity index (χ0) is 28.5. The van der Waals surface area contributed by atoms with Gasteiger partial charge in [-0.2, -0.15) is 18.4 Å². The first-order valence-electron chi connectivity index (χ1n) is 11.2. The fraction of sp³-hybridized carbons (Fsp3) is 0.308. The molecule has 0 spiro atoms. The lowest BCUT2D eigenvalue weighted by atomic mass is 9.94. The van der Waals surface area contributed by atoms with E-state index in [1.165, 1.54) is 37.3 Å². The first-order valence-corrected chi connectivity index (χ1v) is 12.3. The van der Waals surface area contributed by atoms with Crippen molar-refractivity contribution < 1.29 is 37.0 Å². The first kappa shape index (κ1) is 30.5. The van der Waals surface area contributed by atoms with E-state index >= 15 is 0 Å². The molecule has 0 aliphatic carbocycles. The van der Waals surface area contributed by atoms with Crippen LogP contribution >= 0.6 is 15.9 Å². The lowest BCUT2D eigenvalue weighted by Gasteiger charge is -2.32. The maximum absolute atomic E-state index is 13.4. The van der Waals surface area contributed by atoms with E-state index in [4.69, 9.17) is 9.47 Å². The molecule has 12 heteroatoms. The van der Waals surface area contributed by atoms with E-state index in [0.29, 0.717) is 17.5 Å². The van der Waals surface area contributed by atoms with E-state index in [1.54, 1.807) is 19.1 Å². The SMILES string of the molecule is CCOC(=O)/C(=C(\CBr)N(C=O)c1cccc(C(F)(F)F)c1)C(c1ccc(C#N)cc1)N(C)CC(=O)OC. The van der Waals surface area contributed by atoms with E-state index in [2.05, 4.69) is 15.9 Å². The van der Waals surface area contributed by atoms with Gasteiger partial charge in [0.2, 0.25) is 6.41 Å². The molecule has 1 unspecified atom stereocenters. The predicted octanol–water partition coefficient (Wildman–Crippen LogP) is 4.60. The van der Waals surface area contributed by atoms with Gasteiger partial charge in [0.15, 0.2) is 0 Å². The van der Waals surface area contributed by atoms with Gasteiger partial charge in [0.25, 0.3) is 0 Å². The highest BCUT2D eigenvalue weighted by molar-refractivity contribution is 9.09. The van der Waals surface area contributed by atoms with Gasteiger partial charge in [-0.25, -0.2) is 4.79 Å². The number of nitrogens with zero attached hydrogens (tertiary/aromatic N) is 3. The van der Waals surface area contributed by atoms with Crippen LogP contribution in [-0.4, -0.2) is 55.9 Å². The van der Waals surface area contributed by atoms with Gasteiger partial charge in [-0.1, -0.05) is 34.1 Å². The van der Waals surface area contributed by atoms with Gasteiger partial charge in [-0.3, -0.25) is 19.4 Å². The van der Waals surface area contributed by atoms with E-state index in [9.17, 15) is 32.8 Å². The van der Waals surface area contributed by atoms with Gasteiger partial charge in [-0.15, -0.1) is 0 Å². The molecule has 0 aromatic heterocycles. The number of nitriles is 1. The Morgan fingerprint density at radius 1 is 1.18 bits per heavy atom. The van der Waals surface area contributed by atoms with Gasteiger partial charge >= 0.3 is 18.1 Å². The number of alkyl halides is 4. The van der Waals surface area contributed by atoms with Crippen LogP contribution in [0.3, 0.4) is 0 Å². The van der Waals surface area contributed by atoms with Gasteiger partial charge in [0.05, 0.1) is 49.1 Å². The number of carbonyl (C=O) groups excluding carboxylic acids is 3. The molecule has 0 saturated carbocycles. The van der Waals surface area contributed by atoms with E-state index in [1.807, 2.05) is 6.07 Å². The number of hydrogen-bond acceptors (Lipinski definition) is 7. The molecule has 0 radical (unpaired) electrons. The number of methoxy groups -OCH3 is 1. The summed E-state index contributed by atoms with van der Waals surface area (Å²) in [6.45, 7) is 1.25. The summed E-state index contributed by atoms with van der Waals surface area (Å²) in [4.78, 5) is 40.2. The van der Waals surface area contributed by atoms with Crippen LogP contribution in [0.15, 0.2) is 59.8 Å². The molecular weight excluding hydrogens is 571 g/mol. The number of amides is 1. The zero-order valence-electron chi connectivity index (χ0n) is 20.8. The molecule has 2 aromatic rings. The maximum atomic E-state index is 13.4. The zero-order valence-corrected chi connectivity index (χ0v) is 22.4. The van der Waals surface area contributed by atoms with Crippen LogP contribution in [0.5, 0.6) is 0 Å². The Labute approximate surface area is 226 Å². The van der Waals surface area contributed by atoms with Gasteiger partial charge in [0.1, 0.15) is 0 Å². The minimum atomic E-state index is -4.67. The average Bonchev–Trinajstić information content (AvgIpc) is 2.90. The highest BCUT2D eigenvalue weighted by Gasteiger charge is 2.35. The fourth-order valence-corrected chi connectivity index (χ4v) is 4.29. The lowest BCUT2D eigenvalue weighted by Crippen LogP contribution is -2.37. The monoisotopic (exact) mass is 595 g/mol. The average molecular weight is 596 g/mol. The summed E-state index contributed by atoms with van der Waals surface area (Å²) in [6, 6.07) is 11.2. The summed E-state index contributed by atoms with van der Waals surface area (Å²) in [5.74, 6) is -1.48. The Balaban J connectivity index is 2.87. The van der Waals surface area contributed by atoms with Crippen molar-refractivity contribution in [3.05, 3.63) is 76.5 Å². The second-order valence-electron chi connectivity index (χ2n) is 7.87. The van der Waals surface area contributed by atoms with Crippen molar-refractivity contribution in [2.24, 2.45) is 0 Å². The molecule has 0 aliphatic rings. The van der Waals surface area contributed by atoms with Crippen LogP contribution < -0.4 is 4.90 Å². The summed E-state index contributed by atoms with van der Waals surface area (Å²) in [7, 11) is 2.72. The second-order valence-corrected chi connectivity index (χ2v) is 8.43. The number of halogens is 4. The van der Waals surface area contributed by atoms with Gasteiger partial charge < -0.3 is 9.47 Å². The molecular formula is C26H25BrF3N3O5. The quantitative estimate of drug-likeness (QED) is 0.162. The summed E-state index contributed by atoms with van der Waals surface area (Å²) < 4.78 is 50.3. The Hall–Kier alpha value is -3.69. The summed E-state index contributed by atoms with van der Waals surface area (Å²) >= 11 is 3.27. The van der Waals surface area contributed by atoms with Crippen molar-refractivity contribution in [2.75, 3.05) is 37.5 Å². The second kappa shape index (κ2) is 13.7. The van der Waals surface area contributed by atoms with E-state index < -0.39 is 29.7 Å². The molecule has 1 atom stereocenters. The standard InChI is InChI=1S/C26H25BrF3N3O5/c1-4-38-25(36)23(21(13-27)33(16-34)20-7-5-6-19(12-20)26(28,29)30)24(32(2)15-22(35)37-3)18-10-8-17(14-31)9-11-18/h5-12,16,24H,4,13,15H2,1-3H3/b23-21+. The number of rotatable bonds is 11. The van der Waals surface area contributed by atoms with Crippen molar-refractivity contribution in [3.8, 4) is 6.07 Å². The molecule has 202 valence electrons. The van der Waals surface area contributed by atoms with Crippen LogP contribution in [0, 0.1) is 11.3 Å². The van der Waals surface area contributed by atoms with Crippen molar-refractivity contribution in [2.45, 2.75) is 19.1 Å². The molecule has 8 nitrogen and oxygen atoms in total. The number of allylic oxidation sites excluding steroid dienone is 1. The number of esters is 2. The normalized spacial score (nSPS) is 12.7. The number of hydrogen-bond donors (Lipinski definition) is 0. The number of ether oxygens (including phenoxy) is 2. The molecule has 0 bridgehead atoms. The van der Waals surface area contributed by atoms with E-state index in [0.717, 1.165) is 23.1 Å². The molecule has 0 saturated heterocycles. The topological polar surface area (TPSA) is 99.9 Å². The highest BCUT2D eigenvalue weighted by Crippen LogP contribution is 2.36. The third-order valence-corrected chi connectivity index (χ3v) is 5.99. The molecule has 2 rings (SSSR count). The third kappa shape index (κ3) is 7.43. The van der Waals surface area contributed by atoms with Crippen LogP contribution in [-0.2, 0) is 30.0 Å². The molecule has 1 amide bonds. The minimum absolute atomic E-state index is 0.0103. The largest absolute Gasteiger partial charge is 0.468 e. The van der Waals surface area contributed by atoms with Crippen molar-refractivity contribution in [1.82, 2.24) is 4.90 Å². The minimum Gasteiger partial charge on any atom is -0.468 e. The third-order valence-electron chi connectivity index (χ3n) is 5.46. The van der Waals surface area contributed by atoms with Crippen LogP contribution in [0.25, 0.3) is 0 Å². The molecule has 0 heterocycles. The highest BCUT2D eigenvalue weighted by atomic mass is 79.9.